The highest BCUT2D eigenvalue weighted by molar-refractivity contribution is 7.21. The normalized spacial score (nSPS) is 11.4. The maximum Gasteiger partial charge on any atom is 0.145 e. The summed E-state index contributed by atoms with van der Waals surface area (Å²) in [5.74, 6) is 0.838. The molecule has 2 aliphatic rings. The van der Waals surface area contributed by atoms with Gasteiger partial charge in [0.15, 0.2) is 0 Å². The van der Waals surface area contributed by atoms with E-state index in [9.17, 15) is 0 Å². The zero-order chi connectivity index (χ0) is 12.8. The second-order valence-corrected chi connectivity index (χ2v) is 5.50. The summed E-state index contributed by atoms with van der Waals surface area (Å²) >= 11 is 1.73. The van der Waals surface area contributed by atoms with Crippen LogP contribution in [-0.4, -0.2) is 12.1 Å². The van der Waals surface area contributed by atoms with Crippen LogP contribution >= 0.6 is 11.3 Å². The first-order valence-electron chi connectivity index (χ1n) is 6.12. The molecule has 0 amide bonds. The summed E-state index contributed by atoms with van der Waals surface area (Å²) in [4.78, 5) is 4.73. The van der Waals surface area contributed by atoms with Crippen molar-refractivity contribution in [3.05, 3.63) is 48.5 Å². The second-order valence-electron chi connectivity index (χ2n) is 4.47. The first kappa shape index (κ1) is 10.8. The molecular weight excluding hydrogens is 254 g/mol. The number of rotatable bonds is 1. The molecule has 4 rings (SSSR count). The molecule has 0 aromatic heterocycles. The van der Waals surface area contributed by atoms with Gasteiger partial charge in [0.05, 0.1) is 7.11 Å². The lowest BCUT2D eigenvalue weighted by Gasteiger charge is -2.01. The molecule has 2 heterocycles. The van der Waals surface area contributed by atoms with E-state index < -0.39 is 0 Å². The number of hydrogen-bond donors (Lipinski definition) is 0. The molecule has 2 nitrogen and oxygen atoms in total. The summed E-state index contributed by atoms with van der Waals surface area (Å²) in [7, 11) is 1.69. The molecule has 0 N–H and O–H groups in total. The fourth-order valence-corrected chi connectivity index (χ4v) is 3.48. The van der Waals surface area contributed by atoms with Crippen LogP contribution in [0.5, 0.6) is 5.75 Å². The summed E-state index contributed by atoms with van der Waals surface area (Å²) in [6.07, 6.45) is 0. The molecule has 2 aromatic rings. The maximum absolute atomic E-state index is 5.40. The molecular formula is C16H11NOS. The summed E-state index contributed by atoms with van der Waals surface area (Å²) in [5, 5.41) is 3.49. The van der Waals surface area contributed by atoms with Crippen molar-refractivity contribution in [3.8, 4) is 16.3 Å². The SMILES string of the molecule is COc1cccc2c3cc4ccccc4sc-3nc12. The number of nitrogens with zero attached hydrogens (tertiary/aromatic N) is 1. The summed E-state index contributed by atoms with van der Waals surface area (Å²) < 4.78 is 6.66. The quantitative estimate of drug-likeness (QED) is 0.503. The van der Waals surface area contributed by atoms with E-state index in [0.29, 0.717) is 0 Å². The van der Waals surface area contributed by atoms with Crippen LogP contribution in [0.25, 0.3) is 31.6 Å². The lowest BCUT2D eigenvalue weighted by Crippen LogP contribution is -1.82. The van der Waals surface area contributed by atoms with Crippen molar-refractivity contribution in [1.29, 1.82) is 0 Å². The van der Waals surface area contributed by atoms with E-state index in [0.717, 1.165) is 21.7 Å². The number of aromatic nitrogens is 1. The van der Waals surface area contributed by atoms with Gasteiger partial charge in [-0.05, 0) is 23.6 Å². The Balaban J connectivity index is 2.19. The fraction of sp³-hybridized carbons (Fsp3) is 0.0625. The minimum atomic E-state index is 0.838. The van der Waals surface area contributed by atoms with Gasteiger partial charge in [-0.3, -0.25) is 0 Å². The third-order valence-corrected chi connectivity index (χ3v) is 4.47. The van der Waals surface area contributed by atoms with Crippen LogP contribution < -0.4 is 4.74 Å². The van der Waals surface area contributed by atoms with Gasteiger partial charge < -0.3 is 4.74 Å². The molecule has 2 aliphatic heterocycles. The van der Waals surface area contributed by atoms with Gasteiger partial charge in [-0.2, -0.15) is 0 Å². The van der Waals surface area contributed by atoms with Gasteiger partial charge in [0.1, 0.15) is 16.3 Å². The molecule has 0 aliphatic carbocycles. The van der Waals surface area contributed by atoms with Crippen LogP contribution in [0.15, 0.2) is 48.5 Å². The third kappa shape index (κ3) is 1.52. The van der Waals surface area contributed by atoms with Crippen LogP contribution in [0.3, 0.4) is 0 Å². The molecule has 0 atom stereocenters. The van der Waals surface area contributed by atoms with Crippen molar-refractivity contribution in [2.75, 3.05) is 7.11 Å². The number of benzene rings is 2. The first-order valence-corrected chi connectivity index (χ1v) is 6.93. The predicted molar refractivity (Wildman–Crippen MR) is 80.3 cm³/mol. The Morgan fingerprint density at radius 2 is 1.95 bits per heavy atom. The molecule has 19 heavy (non-hydrogen) atoms. The van der Waals surface area contributed by atoms with Gasteiger partial charge in [-0.25, -0.2) is 4.98 Å². The largest absolute Gasteiger partial charge is 0.494 e. The molecule has 0 spiro atoms. The molecule has 0 radical (unpaired) electrons. The standard InChI is InChI=1S/C16H11NOS/c1-18-13-7-4-6-11-12-9-10-5-2-3-8-14(10)19-16(12)17-15(11)13/h2-9H,1H3. The minimum Gasteiger partial charge on any atom is -0.494 e. The third-order valence-electron chi connectivity index (χ3n) is 3.38. The van der Waals surface area contributed by atoms with Gasteiger partial charge in [0, 0.05) is 15.6 Å². The predicted octanol–water partition coefficient (Wildman–Crippen LogP) is 4.56. The lowest BCUT2D eigenvalue weighted by atomic mass is 10.1. The average molecular weight is 265 g/mol. The zero-order valence-electron chi connectivity index (χ0n) is 10.4. The molecule has 0 fully saturated rings. The first-order chi connectivity index (χ1) is 9.36. The van der Waals surface area contributed by atoms with E-state index in [1.807, 2.05) is 12.1 Å². The van der Waals surface area contributed by atoms with E-state index >= 15 is 0 Å². The van der Waals surface area contributed by atoms with Gasteiger partial charge >= 0.3 is 0 Å². The Morgan fingerprint density at radius 1 is 1.05 bits per heavy atom. The van der Waals surface area contributed by atoms with Crippen LogP contribution in [0.1, 0.15) is 0 Å². The fourth-order valence-electron chi connectivity index (χ4n) is 2.47. The highest BCUT2D eigenvalue weighted by Gasteiger charge is 2.16. The molecule has 0 saturated carbocycles. The summed E-state index contributed by atoms with van der Waals surface area (Å²) in [6.45, 7) is 0. The van der Waals surface area contributed by atoms with Crippen molar-refractivity contribution in [1.82, 2.24) is 4.98 Å². The number of fused-ring (bicyclic) bond motifs is 4. The van der Waals surface area contributed by atoms with E-state index in [1.165, 1.54) is 15.6 Å². The van der Waals surface area contributed by atoms with Crippen molar-refractivity contribution >= 4 is 32.3 Å². The molecule has 3 heteroatoms. The molecule has 92 valence electrons. The van der Waals surface area contributed by atoms with Crippen LogP contribution in [0.2, 0.25) is 0 Å². The van der Waals surface area contributed by atoms with Crippen LogP contribution in [0, 0.1) is 0 Å². The molecule has 0 bridgehead atoms. The molecule has 0 saturated heterocycles. The number of methoxy groups -OCH3 is 1. The van der Waals surface area contributed by atoms with Crippen molar-refractivity contribution < 1.29 is 4.74 Å². The Bertz CT molecular complexity index is 865. The molecule has 0 unspecified atom stereocenters. The highest BCUT2D eigenvalue weighted by Crippen LogP contribution is 2.40. The maximum atomic E-state index is 5.40. The zero-order valence-corrected chi connectivity index (χ0v) is 11.2. The van der Waals surface area contributed by atoms with Gasteiger partial charge in [0.25, 0.3) is 0 Å². The average Bonchev–Trinajstić information content (AvgIpc) is 2.82. The van der Waals surface area contributed by atoms with E-state index in [1.54, 1.807) is 18.4 Å². The van der Waals surface area contributed by atoms with Crippen molar-refractivity contribution in [2.24, 2.45) is 0 Å². The monoisotopic (exact) mass is 265 g/mol. The van der Waals surface area contributed by atoms with Gasteiger partial charge in [-0.1, -0.05) is 30.3 Å². The van der Waals surface area contributed by atoms with E-state index in [4.69, 9.17) is 9.72 Å². The number of para-hydroxylation sites is 1. The Hall–Kier alpha value is -2.13. The number of hydrogen-bond acceptors (Lipinski definition) is 3. The highest BCUT2D eigenvalue weighted by atomic mass is 32.1. The lowest BCUT2D eigenvalue weighted by molar-refractivity contribution is 0.419. The minimum absolute atomic E-state index is 0.838. The van der Waals surface area contributed by atoms with Crippen molar-refractivity contribution in [3.63, 3.8) is 0 Å². The summed E-state index contributed by atoms with van der Waals surface area (Å²) in [6, 6.07) is 16.7. The number of ether oxygens (including phenoxy) is 1. The Kier molecular flexibility index (Phi) is 2.23. The van der Waals surface area contributed by atoms with Crippen molar-refractivity contribution in [2.45, 2.75) is 0 Å². The van der Waals surface area contributed by atoms with Crippen LogP contribution in [0.4, 0.5) is 0 Å². The van der Waals surface area contributed by atoms with E-state index in [2.05, 4.69) is 36.4 Å². The van der Waals surface area contributed by atoms with Gasteiger partial charge in [0.2, 0.25) is 0 Å². The smallest absolute Gasteiger partial charge is 0.145 e. The van der Waals surface area contributed by atoms with E-state index in [-0.39, 0.29) is 0 Å². The Labute approximate surface area is 114 Å². The van der Waals surface area contributed by atoms with Crippen LogP contribution in [-0.2, 0) is 0 Å². The van der Waals surface area contributed by atoms with Gasteiger partial charge in [-0.15, -0.1) is 11.3 Å². The second kappa shape index (κ2) is 3.93. The molecule has 2 aromatic carbocycles. The topological polar surface area (TPSA) is 22.1 Å². The summed E-state index contributed by atoms with van der Waals surface area (Å²) in [5.41, 5.74) is 2.16. The Morgan fingerprint density at radius 3 is 2.84 bits per heavy atom.